The number of rotatable bonds is 5. The molecule has 0 aliphatic rings. The average molecular weight is 394 g/mol. The Morgan fingerprint density at radius 3 is 2.62 bits per heavy atom. The van der Waals surface area contributed by atoms with Crippen LogP contribution in [0.15, 0.2) is 51.4 Å². The second-order valence-corrected chi connectivity index (χ2v) is 5.58. The van der Waals surface area contributed by atoms with Crippen LogP contribution in [0.25, 0.3) is 11.5 Å². The molecule has 0 bridgehead atoms. The van der Waals surface area contributed by atoms with Crippen molar-refractivity contribution < 1.29 is 18.5 Å². The van der Waals surface area contributed by atoms with Gasteiger partial charge < -0.3 is 9.15 Å². The summed E-state index contributed by atoms with van der Waals surface area (Å²) in [6.45, 7) is -0.0987. The van der Waals surface area contributed by atoms with Crippen LogP contribution >= 0.6 is 15.9 Å². The number of nitro benzene ring substituents is 1. The minimum atomic E-state index is -0.514. The number of aromatic nitrogens is 2. The number of benzene rings is 2. The summed E-state index contributed by atoms with van der Waals surface area (Å²) in [5.74, 6) is -0.0989. The van der Waals surface area contributed by atoms with Crippen molar-refractivity contribution in [3.63, 3.8) is 0 Å². The fourth-order valence-electron chi connectivity index (χ4n) is 1.89. The lowest BCUT2D eigenvalue weighted by atomic mass is 10.2. The van der Waals surface area contributed by atoms with E-state index < -0.39 is 10.7 Å². The van der Waals surface area contributed by atoms with Gasteiger partial charge in [0.2, 0.25) is 5.89 Å². The fraction of sp³-hybridized carbons (Fsp3) is 0.0667. The van der Waals surface area contributed by atoms with Gasteiger partial charge in [-0.3, -0.25) is 10.1 Å². The number of halogens is 2. The lowest BCUT2D eigenvalue weighted by molar-refractivity contribution is -0.384. The maximum absolute atomic E-state index is 13.6. The molecule has 2 aromatic carbocycles. The summed E-state index contributed by atoms with van der Waals surface area (Å²) in [7, 11) is 0. The van der Waals surface area contributed by atoms with Crippen molar-refractivity contribution in [1.29, 1.82) is 0 Å². The average Bonchev–Trinajstić information content (AvgIpc) is 3.03. The second kappa shape index (κ2) is 6.75. The molecule has 122 valence electrons. The molecule has 0 spiro atoms. The zero-order chi connectivity index (χ0) is 17.1. The van der Waals surface area contributed by atoms with Gasteiger partial charge in [-0.15, -0.1) is 10.2 Å². The third-order valence-electron chi connectivity index (χ3n) is 3.04. The van der Waals surface area contributed by atoms with Gasteiger partial charge in [0.15, 0.2) is 18.2 Å². The van der Waals surface area contributed by atoms with Crippen molar-refractivity contribution in [2.45, 2.75) is 6.61 Å². The van der Waals surface area contributed by atoms with Gasteiger partial charge >= 0.3 is 0 Å². The lowest BCUT2D eigenvalue weighted by Gasteiger charge is -2.04. The molecule has 0 aliphatic carbocycles. The van der Waals surface area contributed by atoms with Gasteiger partial charge in [-0.1, -0.05) is 15.9 Å². The molecule has 0 fully saturated rings. The summed E-state index contributed by atoms with van der Waals surface area (Å²) in [4.78, 5) is 10.1. The molecule has 0 amide bonds. The molecule has 7 nitrogen and oxygen atoms in total. The van der Waals surface area contributed by atoms with Gasteiger partial charge in [0.05, 0.1) is 4.92 Å². The van der Waals surface area contributed by atoms with E-state index in [-0.39, 0.29) is 29.8 Å². The maximum atomic E-state index is 13.6. The van der Waals surface area contributed by atoms with Crippen molar-refractivity contribution in [3.05, 3.63) is 68.8 Å². The Morgan fingerprint density at radius 2 is 1.96 bits per heavy atom. The Balaban J connectivity index is 1.70. The summed E-state index contributed by atoms with van der Waals surface area (Å²) in [6.07, 6.45) is 0. The van der Waals surface area contributed by atoms with Crippen LogP contribution < -0.4 is 4.74 Å². The maximum Gasteiger partial charge on any atom is 0.269 e. The molecule has 24 heavy (non-hydrogen) atoms. The first-order chi connectivity index (χ1) is 11.5. The molecule has 0 atom stereocenters. The van der Waals surface area contributed by atoms with Crippen molar-refractivity contribution >= 4 is 21.6 Å². The molecule has 0 aliphatic heterocycles. The molecule has 0 saturated carbocycles. The first kappa shape index (κ1) is 16.1. The Morgan fingerprint density at radius 1 is 1.21 bits per heavy atom. The van der Waals surface area contributed by atoms with Crippen LogP contribution in [-0.4, -0.2) is 15.1 Å². The van der Waals surface area contributed by atoms with E-state index in [1.54, 1.807) is 6.07 Å². The second-order valence-electron chi connectivity index (χ2n) is 4.67. The topological polar surface area (TPSA) is 91.3 Å². The number of hydrogen-bond donors (Lipinski definition) is 0. The van der Waals surface area contributed by atoms with E-state index in [4.69, 9.17) is 9.15 Å². The van der Waals surface area contributed by atoms with Crippen LogP contribution in [0.4, 0.5) is 10.1 Å². The van der Waals surface area contributed by atoms with Crippen molar-refractivity contribution in [2.24, 2.45) is 0 Å². The van der Waals surface area contributed by atoms with Crippen molar-refractivity contribution in [2.75, 3.05) is 0 Å². The van der Waals surface area contributed by atoms with E-state index in [0.717, 1.165) is 0 Å². The highest BCUT2D eigenvalue weighted by Gasteiger charge is 2.12. The Labute approximate surface area is 143 Å². The molecule has 1 aromatic heterocycles. The predicted molar refractivity (Wildman–Crippen MR) is 84.8 cm³/mol. The van der Waals surface area contributed by atoms with E-state index >= 15 is 0 Å². The zero-order valence-electron chi connectivity index (χ0n) is 12.0. The van der Waals surface area contributed by atoms with Gasteiger partial charge in [-0.25, -0.2) is 4.39 Å². The predicted octanol–water partition coefficient (Wildman–Crippen LogP) is 4.13. The van der Waals surface area contributed by atoms with Gasteiger partial charge in [0.1, 0.15) is 0 Å². The summed E-state index contributed by atoms with van der Waals surface area (Å²) in [5.41, 5.74) is 0.502. The smallest absolute Gasteiger partial charge is 0.269 e. The Kier molecular flexibility index (Phi) is 4.52. The van der Waals surface area contributed by atoms with Crippen LogP contribution in [-0.2, 0) is 6.61 Å². The van der Waals surface area contributed by atoms with Crippen LogP contribution in [0, 0.1) is 15.9 Å². The largest absolute Gasteiger partial charge is 0.481 e. The van der Waals surface area contributed by atoms with Crippen LogP contribution in [0.5, 0.6) is 5.75 Å². The zero-order valence-corrected chi connectivity index (χ0v) is 13.6. The molecular weight excluding hydrogens is 385 g/mol. The van der Waals surface area contributed by atoms with E-state index in [1.807, 2.05) is 0 Å². The highest BCUT2D eigenvalue weighted by Crippen LogP contribution is 2.24. The standard InChI is InChI=1S/C15H9BrFN3O4/c16-10-3-6-13(12(17)7-10)23-8-14-18-19-15(24-14)9-1-4-11(5-2-9)20(21)22/h1-7H,8H2. The molecule has 0 radical (unpaired) electrons. The van der Waals surface area contributed by atoms with Crippen molar-refractivity contribution in [1.82, 2.24) is 10.2 Å². The van der Waals surface area contributed by atoms with Crippen LogP contribution in [0.2, 0.25) is 0 Å². The summed E-state index contributed by atoms with van der Waals surface area (Å²) in [6, 6.07) is 10.1. The number of hydrogen-bond acceptors (Lipinski definition) is 6. The number of nitro groups is 1. The van der Waals surface area contributed by atoms with Gasteiger partial charge in [0, 0.05) is 22.2 Å². The number of non-ortho nitro benzene ring substituents is 1. The van der Waals surface area contributed by atoms with Crippen LogP contribution in [0.3, 0.4) is 0 Å². The molecule has 3 aromatic rings. The minimum absolute atomic E-state index is 0.0347. The monoisotopic (exact) mass is 393 g/mol. The molecule has 1 heterocycles. The molecule has 0 saturated heterocycles. The third kappa shape index (κ3) is 3.57. The molecular formula is C15H9BrFN3O4. The van der Waals surface area contributed by atoms with Gasteiger partial charge in [-0.2, -0.15) is 0 Å². The fourth-order valence-corrected chi connectivity index (χ4v) is 2.22. The highest BCUT2D eigenvalue weighted by molar-refractivity contribution is 9.10. The first-order valence-corrected chi connectivity index (χ1v) is 7.47. The third-order valence-corrected chi connectivity index (χ3v) is 3.53. The SMILES string of the molecule is O=[N+]([O-])c1ccc(-c2nnc(COc3ccc(Br)cc3F)o2)cc1. The first-order valence-electron chi connectivity index (χ1n) is 6.68. The quantitative estimate of drug-likeness (QED) is 0.478. The van der Waals surface area contributed by atoms with E-state index in [1.165, 1.54) is 36.4 Å². The summed E-state index contributed by atoms with van der Waals surface area (Å²) in [5, 5.41) is 18.3. The van der Waals surface area contributed by atoms with Gasteiger partial charge in [-0.05, 0) is 30.3 Å². The number of ether oxygens (including phenoxy) is 1. The van der Waals surface area contributed by atoms with Gasteiger partial charge in [0.25, 0.3) is 11.6 Å². The number of nitrogens with zero attached hydrogens (tertiary/aromatic N) is 3. The Bertz CT molecular complexity index is 883. The highest BCUT2D eigenvalue weighted by atomic mass is 79.9. The molecule has 9 heteroatoms. The normalized spacial score (nSPS) is 10.6. The van der Waals surface area contributed by atoms with Crippen molar-refractivity contribution in [3.8, 4) is 17.2 Å². The summed E-state index contributed by atoms with van der Waals surface area (Å²) < 4.78 is 25.0. The molecule has 0 N–H and O–H groups in total. The summed E-state index contributed by atoms with van der Waals surface area (Å²) >= 11 is 3.16. The van der Waals surface area contributed by atoms with E-state index in [2.05, 4.69) is 26.1 Å². The van der Waals surface area contributed by atoms with E-state index in [0.29, 0.717) is 10.0 Å². The van der Waals surface area contributed by atoms with E-state index in [9.17, 15) is 14.5 Å². The minimum Gasteiger partial charge on any atom is -0.481 e. The molecule has 0 unspecified atom stereocenters. The Hall–Kier alpha value is -2.81. The van der Waals surface area contributed by atoms with Crippen LogP contribution in [0.1, 0.15) is 5.89 Å². The lowest BCUT2D eigenvalue weighted by Crippen LogP contribution is -1.97. The molecule has 3 rings (SSSR count).